The molecule has 0 aromatic carbocycles. The maximum Gasteiger partial charge on any atom is 0.151 e. The van der Waals surface area contributed by atoms with E-state index in [1.54, 1.807) is 0 Å². The molecule has 0 amide bonds. The van der Waals surface area contributed by atoms with Crippen molar-refractivity contribution in [3.63, 3.8) is 0 Å². The molecule has 2 unspecified atom stereocenters. The molecule has 2 aliphatic rings. The standard InChI is InChI=1S/C14H21BrN4/c1-18-5-2-3-10-9-19(6-4-13(10)18)14-12(16)7-11(15)8-17-14/h7-8,10,13H,2-6,9,16H2,1H3. The zero-order valence-electron chi connectivity index (χ0n) is 11.3. The van der Waals surface area contributed by atoms with Crippen LogP contribution in [-0.2, 0) is 0 Å². The van der Waals surface area contributed by atoms with Crippen LogP contribution in [0.15, 0.2) is 16.7 Å². The normalized spacial score (nSPS) is 28.2. The average Bonchev–Trinajstić information content (AvgIpc) is 2.38. The molecule has 3 rings (SSSR count). The van der Waals surface area contributed by atoms with E-state index in [2.05, 4.69) is 37.8 Å². The Balaban J connectivity index is 1.77. The van der Waals surface area contributed by atoms with Crippen molar-refractivity contribution < 1.29 is 0 Å². The molecule has 2 N–H and O–H groups in total. The summed E-state index contributed by atoms with van der Waals surface area (Å²) >= 11 is 3.42. The third-order valence-electron chi connectivity index (χ3n) is 4.51. The van der Waals surface area contributed by atoms with E-state index in [0.29, 0.717) is 0 Å². The van der Waals surface area contributed by atoms with E-state index in [0.717, 1.165) is 41.0 Å². The Morgan fingerprint density at radius 2 is 2.21 bits per heavy atom. The van der Waals surface area contributed by atoms with Crippen molar-refractivity contribution in [2.45, 2.75) is 25.3 Å². The van der Waals surface area contributed by atoms with Crippen molar-refractivity contribution >= 4 is 27.4 Å². The van der Waals surface area contributed by atoms with Crippen molar-refractivity contribution in [3.8, 4) is 0 Å². The van der Waals surface area contributed by atoms with Gasteiger partial charge in [0.25, 0.3) is 0 Å². The van der Waals surface area contributed by atoms with Gasteiger partial charge in [-0.25, -0.2) is 4.98 Å². The molecule has 1 aromatic rings. The highest BCUT2D eigenvalue weighted by atomic mass is 79.9. The lowest BCUT2D eigenvalue weighted by atomic mass is 9.84. The van der Waals surface area contributed by atoms with Crippen molar-refractivity contribution in [1.82, 2.24) is 9.88 Å². The van der Waals surface area contributed by atoms with Crippen molar-refractivity contribution in [1.29, 1.82) is 0 Å². The summed E-state index contributed by atoms with van der Waals surface area (Å²) in [5.41, 5.74) is 6.88. The number of nitrogens with two attached hydrogens (primary N) is 1. The molecular formula is C14H21BrN4. The molecule has 2 saturated heterocycles. The van der Waals surface area contributed by atoms with Crippen LogP contribution >= 0.6 is 15.9 Å². The summed E-state index contributed by atoms with van der Waals surface area (Å²) in [6.45, 7) is 3.40. The van der Waals surface area contributed by atoms with E-state index in [1.807, 2.05) is 12.3 Å². The summed E-state index contributed by atoms with van der Waals surface area (Å²) in [4.78, 5) is 9.39. The summed E-state index contributed by atoms with van der Waals surface area (Å²) in [5.74, 6) is 1.72. The number of rotatable bonds is 1. The number of pyridine rings is 1. The molecule has 19 heavy (non-hydrogen) atoms. The second kappa shape index (κ2) is 5.29. The van der Waals surface area contributed by atoms with E-state index in [9.17, 15) is 0 Å². The van der Waals surface area contributed by atoms with Gasteiger partial charge in [0, 0.05) is 29.8 Å². The quantitative estimate of drug-likeness (QED) is 0.861. The minimum absolute atomic E-state index is 0.752. The number of nitrogen functional groups attached to an aromatic ring is 1. The number of anilines is 2. The Morgan fingerprint density at radius 3 is 3.00 bits per heavy atom. The molecule has 104 valence electrons. The van der Waals surface area contributed by atoms with Crippen molar-refractivity contribution in [2.75, 3.05) is 37.3 Å². The SMILES string of the molecule is CN1CCCC2CN(c3ncc(Br)cc3N)CCC21. The number of fused-ring (bicyclic) bond motifs is 1. The molecule has 5 heteroatoms. The third-order valence-corrected chi connectivity index (χ3v) is 4.94. The van der Waals surface area contributed by atoms with Crippen LogP contribution in [0.4, 0.5) is 11.5 Å². The van der Waals surface area contributed by atoms with Gasteiger partial charge in [0.2, 0.25) is 0 Å². The molecule has 0 bridgehead atoms. The van der Waals surface area contributed by atoms with Gasteiger partial charge in [-0.2, -0.15) is 0 Å². The van der Waals surface area contributed by atoms with Crippen LogP contribution in [-0.4, -0.2) is 42.6 Å². The van der Waals surface area contributed by atoms with Gasteiger partial charge in [0.1, 0.15) is 0 Å². The summed E-state index contributed by atoms with van der Waals surface area (Å²) in [7, 11) is 2.26. The van der Waals surface area contributed by atoms with Crippen molar-refractivity contribution in [2.24, 2.45) is 5.92 Å². The molecule has 0 saturated carbocycles. The van der Waals surface area contributed by atoms with Gasteiger partial charge in [-0.1, -0.05) is 0 Å². The van der Waals surface area contributed by atoms with E-state index in [1.165, 1.54) is 25.8 Å². The van der Waals surface area contributed by atoms with Gasteiger partial charge in [0.15, 0.2) is 5.82 Å². The highest BCUT2D eigenvalue weighted by Crippen LogP contribution is 2.33. The first-order valence-electron chi connectivity index (χ1n) is 7.01. The summed E-state index contributed by atoms with van der Waals surface area (Å²) in [6, 6.07) is 2.70. The lowest BCUT2D eigenvalue weighted by molar-refractivity contribution is 0.102. The Bertz CT molecular complexity index is 465. The number of hydrogen-bond donors (Lipinski definition) is 1. The maximum atomic E-state index is 6.10. The molecule has 2 fully saturated rings. The van der Waals surface area contributed by atoms with E-state index in [4.69, 9.17) is 5.73 Å². The maximum absolute atomic E-state index is 6.10. The van der Waals surface area contributed by atoms with E-state index >= 15 is 0 Å². The molecule has 0 aliphatic carbocycles. The van der Waals surface area contributed by atoms with Gasteiger partial charge in [-0.3, -0.25) is 0 Å². The minimum atomic E-state index is 0.752. The first kappa shape index (κ1) is 13.2. The molecule has 1 aromatic heterocycles. The monoisotopic (exact) mass is 324 g/mol. The largest absolute Gasteiger partial charge is 0.396 e. The number of aromatic nitrogens is 1. The fourth-order valence-corrected chi connectivity index (χ4v) is 3.91. The highest BCUT2D eigenvalue weighted by Gasteiger charge is 2.34. The smallest absolute Gasteiger partial charge is 0.151 e. The van der Waals surface area contributed by atoms with Gasteiger partial charge in [-0.05, 0) is 60.8 Å². The van der Waals surface area contributed by atoms with Crippen LogP contribution in [0, 0.1) is 5.92 Å². The fraction of sp³-hybridized carbons (Fsp3) is 0.643. The van der Waals surface area contributed by atoms with Gasteiger partial charge in [0.05, 0.1) is 5.69 Å². The molecule has 0 spiro atoms. The van der Waals surface area contributed by atoms with Crippen LogP contribution in [0.2, 0.25) is 0 Å². The third kappa shape index (κ3) is 2.58. The van der Waals surface area contributed by atoms with Gasteiger partial charge in [-0.15, -0.1) is 0 Å². The minimum Gasteiger partial charge on any atom is -0.396 e. The zero-order chi connectivity index (χ0) is 13.4. The van der Waals surface area contributed by atoms with Gasteiger partial charge >= 0.3 is 0 Å². The second-order valence-corrected chi connectivity index (χ2v) is 6.67. The number of hydrogen-bond acceptors (Lipinski definition) is 4. The first-order valence-corrected chi connectivity index (χ1v) is 7.80. The van der Waals surface area contributed by atoms with E-state index in [-0.39, 0.29) is 0 Å². The number of nitrogens with zero attached hydrogens (tertiary/aromatic N) is 3. The molecular weight excluding hydrogens is 304 g/mol. The zero-order valence-corrected chi connectivity index (χ0v) is 12.9. The van der Waals surface area contributed by atoms with Crippen LogP contribution in [0.1, 0.15) is 19.3 Å². The predicted molar refractivity (Wildman–Crippen MR) is 82.3 cm³/mol. The Labute approximate surface area is 123 Å². The summed E-state index contributed by atoms with van der Waals surface area (Å²) in [5, 5.41) is 0. The lowest BCUT2D eigenvalue weighted by Crippen LogP contribution is -2.53. The van der Waals surface area contributed by atoms with Crippen LogP contribution in [0.5, 0.6) is 0 Å². The van der Waals surface area contributed by atoms with E-state index < -0.39 is 0 Å². The van der Waals surface area contributed by atoms with Crippen LogP contribution < -0.4 is 10.6 Å². The number of likely N-dealkylation sites (tertiary alicyclic amines) is 1. The summed E-state index contributed by atoms with van der Waals surface area (Å²) < 4.78 is 0.945. The molecule has 0 radical (unpaired) electrons. The van der Waals surface area contributed by atoms with Crippen molar-refractivity contribution in [3.05, 3.63) is 16.7 Å². The van der Waals surface area contributed by atoms with Gasteiger partial charge < -0.3 is 15.5 Å². The Hall–Kier alpha value is -0.810. The number of piperidine rings is 2. The Morgan fingerprint density at radius 1 is 1.37 bits per heavy atom. The highest BCUT2D eigenvalue weighted by molar-refractivity contribution is 9.10. The number of halogens is 1. The van der Waals surface area contributed by atoms with Crippen LogP contribution in [0.25, 0.3) is 0 Å². The molecule has 3 heterocycles. The predicted octanol–water partition coefficient (Wildman–Crippen LogP) is 2.35. The molecule has 4 nitrogen and oxygen atoms in total. The first-order chi connectivity index (χ1) is 9.15. The fourth-order valence-electron chi connectivity index (χ4n) is 3.56. The van der Waals surface area contributed by atoms with Crippen LogP contribution in [0.3, 0.4) is 0 Å². The Kier molecular flexibility index (Phi) is 3.67. The topological polar surface area (TPSA) is 45.4 Å². The lowest BCUT2D eigenvalue weighted by Gasteiger charge is -2.46. The second-order valence-electron chi connectivity index (χ2n) is 5.75. The summed E-state index contributed by atoms with van der Waals surface area (Å²) in [6.07, 6.45) is 5.71. The molecule has 2 atom stereocenters. The average molecular weight is 325 g/mol. The molecule has 2 aliphatic heterocycles.